The van der Waals surface area contributed by atoms with Gasteiger partial charge in [-0.15, -0.1) is 0 Å². The van der Waals surface area contributed by atoms with Crippen molar-refractivity contribution in [1.82, 2.24) is 15.5 Å². The first-order valence-corrected chi connectivity index (χ1v) is 5.99. The van der Waals surface area contributed by atoms with E-state index in [1.807, 2.05) is 0 Å². The number of amides is 4. The second kappa shape index (κ2) is 5.68. The van der Waals surface area contributed by atoms with Crippen molar-refractivity contribution >= 4 is 23.8 Å². The minimum Gasteiger partial charge on any atom is -0.480 e. The van der Waals surface area contributed by atoms with Crippen LogP contribution in [0.15, 0.2) is 0 Å². The van der Waals surface area contributed by atoms with Gasteiger partial charge in [-0.3, -0.25) is 19.3 Å². The number of hydrogen-bond donors (Lipinski definition) is 3. The van der Waals surface area contributed by atoms with Crippen LogP contribution in [0.2, 0.25) is 0 Å². The maximum atomic E-state index is 12.1. The maximum absolute atomic E-state index is 12.1. The van der Waals surface area contributed by atoms with Gasteiger partial charge in [-0.05, 0) is 12.8 Å². The van der Waals surface area contributed by atoms with Gasteiger partial charge in [-0.1, -0.05) is 13.8 Å². The number of carboxylic acids is 1. The van der Waals surface area contributed by atoms with E-state index in [9.17, 15) is 19.2 Å². The number of aliphatic carboxylic acids is 1. The average molecular weight is 271 g/mol. The molecule has 0 aromatic heterocycles. The van der Waals surface area contributed by atoms with Crippen LogP contribution in [0, 0.1) is 0 Å². The summed E-state index contributed by atoms with van der Waals surface area (Å²) in [6, 6.07) is -0.626. The van der Waals surface area contributed by atoms with E-state index in [0.29, 0.717) is 12.8 Å². The van der Waals surface area contributed by atoms with Gasteiger partial charge < -0.3 is 15.7 Å². The molecular weight excluding hydrogens is 254 g/mol. The zero-order valence-electron chi connectivity index (χ0n) is 10.9. The molecule has 8 nitrogen and oxygen atoms in total. The molecule has 0 atom stereocenters. The van der Waals surface area contributed by atoms with Crippen molar-refractivity contribution in [3.05, 3.63) is 0 Å². The lowest BCUT2D eigenvalue weighted by molar-refractivity contribution is -0.138. The molecule has 1 fully saturated rings. The fourth-order valence-corrected chi connectivity index (χ4v) is 1.92. The summed E-state index contributed by atoms with van der Waals surface area (Å²) >= 11 is 0. The van der Waals surface area contributed by atoms with E-state index >= 15 is 0 Å². The normalized spacial score (nSPS) is 17.3. The van der Waals surface area contributed by atoms with E-state index in [4.69, 9.17) is 5.11 Å². The Kier molecular flexibility index (Phi) is 4.47. The van der Waals surface area contributed by atoms with Crippen molar-refractivity contribution < 1.29 is 24.3 Å². The zero-order valence-corrected chi connectivity index (χ0v) is 10.9. The molecule has 0 saturated carbocycles. The Morgan fingerprint density at radius 3 is 2.32 bits per heavy atom. The maximum Gasteiger partial charge on any atom is 0.325 e. The monoisotopic (exact) mass is 271 g/mol. The van der Waals surface area contributed by atoms with Crippen LogP contribution < -0.4 is 10.6 Å². The van der Waals surface area contributed by atoms with Crippen molar-refractivity contribution in [1.29, 1.82) is 0 Å². The first-order valence-electron chi connectivity index (χ1n) is 5.99. The quantitative estimate of drug-likeness (QED) is 0.552. The summed E-state index contributed by atoms with van der Waals surface area (Å²) in [5, 5.41) is 13.1. The van der Waals surface area contributed by atoms with Crippen LogP contribution in [0.25, 0.3) is 0 Å². The molecule has 3 N–H and O–H groups in total. The molecule has 1 aliphatic rings. The fraction of sp³-hybridized carbons (Fsp3) is 0.636. The number of carboxylic acid groups (broad SMARTS) is 1. The molecule has 0 unspecified atom stereocenters. The first-order chi connectivity index (χ1) is 8.86. The Bertz CT molecular complexity index is 417. The molecule has 0 aromatic carbocycles. The molecule has 1 aliphatic heterocycles. The van der Waals surface area contributed by atoms with Gasteiger partial charge in [0.05, 0.1) is 0 Å². The Balaban J connectivity index is 2.69. The van der Waals surface area contributed by atoms with Gasteiger partial charge in [-0.25, -0.2) is 4.79 Å². The van der Waals surface area contributed by atoms with Crippen LogP contribution in [0.4, 0.5) is 4.79 Å². The largest absolute Gasteiger partial charge is 0.480 e. The molecule has 0 bridgehead atoms. The molecule has 0 radical (unpaired) electrons. The molecule has 0 aliphatic carbocycles. The first kappa shape index (κ1) is 14.9. The third kappa shape index (κ3) is 3.01. The second-order valence-corrected chi connectivity index (χ2v) is 4.28. The van der Waals surface area contributed by atoms with E-state index in [-0.39, 0.29) is 0 Å². The highest BCUT2D eigenvalue weighted by Crippen LogP contribution is 2.24. The Morgan fingerprint density at radius 2 is 1.89 bits per heavy atom. The number of nitrogens with one attached hydrogen (secondary N) is 2. The molecule has 4 amide bonds. The van der Waals surface area contributed by atoms with E-state index in [1.54, 1.807) is 13.8 Å². The number of urea groups is 1. The number of imide groups is 1. The fourth-order valence-electron chi connectivity index (χ4n) is 1.92. The predicted octanol–water partition coefficient (Wildman–Crippen LogP) is -0.702. The Morgan fingerprint density at radius 1 is 1.32 bits per heavy atom. The van der Waals surface area contributed by atoms with Crippen LogP contribution in [0.3, 0.4) is 0 Å². The summed E-state index contributed by atoms with van der Waals surface area (Å²) in [7, 11) is 0. The van der Waals surface area contributed by atoms with Gasteiger partial charge in [-0.2, -0.15) is 0 Å². The smallest absolute Gasteiger partial charge is 0.325 e. The minimum atomic E-state index is -1.19. The van der Waals surface area contributed by atoms with Crippen LogP contribution in [-0.2, 0) is 14.4 Å². The molecule has 19 heavy (non-hydrogen) atoms. The van der Waals surface area contributed by atoms with E-state index in [1.165, 1.54) is 0 Å². The zero-order chi connectivity index (χ0) is 14.6. The summed E-state index contributed by atoms with van der Waals surface area (Å²) in [5.74, 6) is -2.33. The number of nitrogens with zero attached hydrogens (tertiary/aromatic N) is 1. The lowest BCUT2D eigenvalue weighted by atomic mass is 9.93. The van der Waals surface area contributed by atoms with Gasteiger partial charge in [0.1, 0.15) is 18.6 Å². The van der Waals surface area contributed by atoms with Crippen LogP contribution in [0.1, 0.15) is 26.7 Å². The predicted molar refractivity (Wildman–Crippen MR) is 64.2 cm³/mol. The number of hydrogen-bond acceptors (Lipinski definition) is 4. The molecule has 1 rings (SSSR count). The third-order valence-corrected chi connectivity index (χ3v) is 3.19. The molecule has 106 valence electrons. The Labute approximate surface area is 110 Å². The SMILES string of the molecule is CCC1(CC)NC(=O)N(CC(=O)NCC(=O)O)C1=O. The molecule has 1 saturated heterocycles. The molecule has 0 aromatic rings. The summed E-state index contributed by atoms with van der Waals surface area (Å²) in [5.41, 5.74) is -0.954. The standard InChI is InChI=1S/C11H17N3O5/c1-3-11(4-2)9(18)14(10(19)13-11)6-7(15)12-5-8(16)17/h3-6H2,1-2H3,(H,12,15)(H,13,19)(H,16,17). The van der Waals surface area contributed by atoms with Crippen LogP contribution >= 0.6 is 0 Å². The summed E-state index contributed by atoms with van der Waals surface area (Å²) in [6.07, 6.45) is 0.864. The summed E-state index contributed by atoms with van der Waals surface area (Å²) in [4.78, 5) is 46.3. The van der Waals surface area contributed by atoms with Crippen LogP contribution in [-0.4, -0.2) is 52.4 Å². The second-order valence-electron chi connectivity index (χ2n) is 4.28. The number of carbonyl (C=O) groups excluding carboxylic acids is 3. The van der Waals surface area contributed by atoms with Gasteiger partial charge in [0.15, 0.2) is 0 Å². The topological polar surface area (TPSA) is 116 Å². The van der Waals surface area contributed by atoms with Gasteiger partial charge in [0.2, 0.25) is 5.91 Å². The third-order valence-electron chi connectivity index (χ3n) is 3.19. The van der Waals surface area contributed by atoms with Gasteiger partial charge in [0.25, 0.3) is 5.91 Å². The highest BCUT2D eigenvalue weighted by molar-refractivity contribution is 6.09. The van der Waals surface area contributed by atoms with Crippen molar-refractivity contribution in [2.24, 2.45) is 0 Å². The van der Waals surface area contributed by atoms with Gasteiger partial charge in [0, 0.05) is 0 Å². The van der Waals surface area contributed by atoms with Crippen molar-refractivity contribution in [2.75, 3.05) is 13.1 Å². The highest BCUT2D eigenvalue weighted by Gasteiger charge is 2.49. The number of carbonyl (C=O) groups is 4. The minimum absolute atomic E-state index is 0.432. The van der Waals surface area contributed by atoms with E-state index < -0.39 is 42.4 Å². The summed E-state index contributed by atoms with van der Waals surface area (Å²) in [6.45, 7) is 2.53. The van der Waals surface area contributed by atoms with Gasteiger partial charge >= 0.3 is 12.0 Å². The van der Waals surface area contributed by atoms with Crippen molar-refractivity contribution in [2.45, 2.75) is 32.2 Å². The number of rotatable bonds is 6. The lowest BCUT2D eigenvalue weighted by Gasteiger charge is -2.22. The molecular formula is C11H17N3O5. The van der Waals surface area contributed by atoms with Crippen LogP contribution in [0.5, 0.6) is 0 Å². The van der Waals surface area contributed by atoms with E-state index in [2.05, 4.69) is 10.6 Å². The average Bonchev–Trinajstić information content (AvgIpc) is 2.61. The highest BCUT2D eigenvalue weighted by atomic mass is 16.4. The van der Waals surface area contributed by atoms with Crippen molar-refractivity contribution in [3.8, 4) is 0 Å². The molecule has 0 spiro atoms. The molecule has 8 heteroatoms. The summed E-state index contributed by atoms with van der Waals surface area (Å²) < 4.78 is 0. The van der Waals surface area contributed by atoms with Crippen molar-refractivity contribution in [3.63, 3.8) is 0 Å². The van der Waals surface area contributed by atoms with E-state index in [0.717, 1.165) is 4.90 Å². The lowest BCUT2D eigenvalue weighted by Crippen LogP contribution is -2.46. The molecule has 1 heterocycles. The Hall–Kier alpha value is -2.12.